The van der Waals surface area contributed by atoms with Crippen molar-refractivity contribution in [2.45, 2.75) is 39.2 Å². The van der Waals surface area contributed by atoms with Crippen molar-refractivity contribution in [3.8, 4) is 5.75 Å². The van der Waals surface area contributed by atoms with E-state index in [1.165, 1.54) is 25.7 Å². The number of hydrogen-bond acceptors (Lipinski definition) is 4. The molecule has 1 saturated carbocycles. The molecule has 0 heterocycles. The summed E-state index contributed by atoms with van der Waals surface area (Å²) in [5.41, 5.74) is 1.25. The van der Waals surface area contributed by atoms with Crippen LogP contribution in [0.2, 0.25) is 0 Å². The molecule has 5 heteroatoms. The summed E-state index contributed by atoms with van der Waals surface area (Å²) in [5.74, 6) is 2.12. The van der Waals surface area contributed by atoms with Crippen LogP contribution in [-0.2, 0) is 11.3 Å². The maximum atomic E-state index is 9.41. The molecular formula is C16H25BO4. The summed E-state index contributed by atoms with van der Waals surface area (Å²) in [7, 11) is 0.113. The fourth-order valence-electron chi connectivity index (χ4n) is 3.13. The molecule has 116 valence electrons. The van der Waals surface area contributed by atoms with E-state index in [4.69, 9.17) is 9.47 Å². The number of ether oxygens (including phenoxy) is 2. The van der Waals surface area contributed by atoms with Crippen LogP contribution in [0.15, 0.2) is 18.2 Å². The van der Waals surface area contributed by atoms with Gasteiger partial charge in [-0.15, -0.1) is 0 Å². The fraction of sp³-hybridized carbons (Fsp3) is 0.625. The maximum Gasteiger partial charge on any atom is 0.488 e. The topological polar surface area (TPSA) is 58.9 Å². The number of hydrogen-bond donors (Lipinski definition) is 2. The van der Waals surface area contributed by atoms with Gasteiger partial charge in [-0.1, -0.05) is 25.8 Å². The van der Waals surface area contributed by atoms with Gasteiger partial charge in [0.05, 0.1) is 13.7 Å². The van der Waals surface area contributed by atoms with Gasteiger partial charge in [-0.2, -0.15) is 0 Å². The molecule has 2 unspecified atom stereocenters. The SMILES string of the molecule is COc1ccc(B(O)O)c(COCC2CCCC(C)C2)c1. The van der Waals surface area contributed by atoms with E-state index in [9.17, 15) is 10.0 Å². The molecule has 0 spiro atoms. The summed E-state index contributed by atoms with van der Waals surface area (Å²) in [6.45, 7) is 3.42. The highest BCUT2D eigenvalue weighted by Crippen LogP contribution is 2.28. The van der Waals surface area contributed by atoms with Gasteiger partial charge in [0.15, 0.2) is 0 Å². The molecule has 2 rings (SSSR count). The highest BCUT2D eigenvalue weighted by Gasteiger charge is 2.20. The quantitative estimate of drug-likeness (QED) is 0.784. The van der Waals surface area contributed by atoms with Gasteiger partial charge in [0.25, 0.3) is 0 Å². The largest absolute Gasteiger partial charge is 0.497 e. The van der Waals surface area contributed by atoms with E-state index in [1.807, 2.05) is 0 Å². The van der Waals surface area contributed by atoms with Crippen molar-refractivity contribution in [3.05, 3.63) is 23.8 Å². The lowest BCUT2D eigenvalue weighted by Crippen LogP contribution is -2.33. The summed E-state index contributed by atoms with van der Waals surface area (Å²) in [4.78, 5) is 0. The third kappa shape index (κ3) is 4.73. The van der Waals surface area contributed by atoms with Crippen molar-refractivity contribution in [2.24, 2.45) is 11.8 Å². The molecule has 1 aliphatic carbocycles. The molecule has 0 aliphatic heterocycles. The minimum absolute atomic E-state index is 0.384. The van der Waals surface area contributed by atoms with Gasteiger partial charge in [0.2, 0.25) is 0 Å². The third-order valence-electron chi connectivity index (χ3n) is 4.28. The molecule has 2 N–H and O–H groups in total. The molecule has 1 fully saturated rings. The van der Waals surface area contributed by atoms with Gasteiger partial charge in [0.1, 0.15) is 5.75 Å². The van der Waals surface area contributed by atoms with Crippen molar-refractivity contribution in [1.29, 1.82) is 0 Å². The Kier molecular flexibility index (Phi) is 6.09. The zero-order chi connectivity index (χ0) is 15.2. The van der Waals surface area contributed by atoms with Crippen LogP contribution in [0.3, 0.4) is 0 Å². The Balaban J connectivity index is 1.92. The monoisotopic (exact) mass is 292 g/mol. The smallest absolute Gasteiger partial charge is 0.488 e. The van der Waals surface area contributed by atoms with Gasteiger partial charge in [-0.3, -0.25) is 0 Å². The van der Waals surface area contributed by atoms with E-state index in [2.05, 4.69) is 6.92 Å². The van der Waals surface area contributed by atoms with Crippen molar-refractivity contribution < 1.29 is 19.5 Å². The second kappa shape index (κ2) is 7.83. The van der Waals surface area contributed by atoms with Crippen LogP contribution >= 0.6 is 0 Å². The van der Waals surface area contributed by atoms with Gasteiger partial charge in [-0.05, 0) is 47.8 Å². The molecule has 0 bridgehead atoms. The van der Waals surface area contributed by atoms with E-state index in [1.54, 1.807) is 25.3 Å². The summed E-state index contributed by atoms with van der Waals surface area (Å²) in [5, 5.41) is 18.8. The van der Waals surface area contributed by atoms with Gasteiger partial charge in [0, 0.05) is 6.61 Å². The van der Waals surface area contributed by atoms with E-state index in [0.29, 0.717) is 23.7 Å². The van der Waals surface area contributed by atoms with E-state index in [0.717, 1.165) is 18.1 Å². The van der Waals surface area contributed by atoms with Crippen molar-refractivity contribution >= 4 is 12.6 Å². The van der Waals surface area contributed by atoms with Crippen LogP contribution in [0.4, 0.5) is 0 Å². The first-order chi connectivity index (χ1) is 10.1. The molecule has 2 atom stereocenters. The lowest BCUT2D eigenvalue weighted by Gasteiger charge is -2.26. The van der Waals surface area contributed by atoms with Crippen LogP contribution in [0.1, 0.15) is 38.2 Å². The lowest BCUT2D eigenvalue weighted by molar-refractivity contribution is 0.0660. The number of benzene rings is 1. The van der Waals surface area contributed by atoms with Crippen LogP contribution in [0, 0.1) is 11.8 Å². The van der Waals surface area contributed by atoms with Crippen LogP contribution in [0.5, 0.6) is 5.75 Å². The molecular weight excluding hydrogens is 267 g/mol. The maximum absolute atomic E-state index is 9.41. The zero-order valence-electron chi connectivity index (χ0n) is 12.9. The van der Waals surface area contributed by atoms with Crippen molar-refractivity contribution in [1.82, 2.24) is 0 Å². The van der Waals surface area contributed by atoms with Gasteiger partial charge < -0.3 is 19.5 Å². The Hall–Kier alpha value is -1.04. The van der Waals surface area contributed by atoms with Crippen molar-refractivity contribution in [3.63, 3.8) is 0 Å². The molecule has 0 aromatic heterocycles. The number of methoxy groups -OCH3 is 1. The first kappa shape index (κ1) is 16.3. The summed E-state index contributed by atoms with van der Waals surface area (Å²) >= 11 is 0. The molecule has 1 aliphatic rings. The normalized spacial score (nSPS) is 22.1. The molecule has 0 amide bonds. The minimum atomic E-state index is -1.48. The summed E-state index contributed by atoms with van der Waals surface area (Å²) in [6.07, 6.45) is 5.08. The second-order valence-electron chi connectivity index (χ2n) is 6.09. The molecule has 4 nitrogen and oxygen atoms in total. The molecule has 0 radical (unpaired) electrons. The first-order valence-corrected chi connectivity index (χ1v) is 7.70. The summed E-state index contributed by atoms with van der Waals surface area (Å²) < 4.78 is 11.0. The highest BCUT2D eigenvalue weighted by atomic mass is 16.5. The summed E-state index contributed by atoms with van der Waals surface area (Å²) in [6, 6.07) is 5.20. The second-order valence-corrected chi connectivity index (χ2v) is 6.09. The molecule has 1 aromatic carbocycles. The van der Waals surface area contributed by atoms with Crippen molar-refractivity contribution in [2.75, 3.05) is 13.7 Å². The van der Waals surface area contributed by atoms with Crippen LogP contribution < -0.4 is 10.2 Å². The molecule has 1 aromatic rings. The van der Waals surface area contributed by atoms with E-state index in [-0.39, 0.29) is 0 Å². The highest BCUT2D eigenvalue weighted by molar-refractivity contribution is 6.59. The fourth-order valence-corrected chi connectivity index (χ4v) is 3.13. The Morgan fingerprint density at radius 1 is 1.29 bits per heavy atom. The van der Waals surface area contributed by atoms with E-state index >= 15 is 0 Å². The zero-order valence-corrected chi connectivity index (χ0v) is 12.9. The predicted octanol–water partition coefficient (Wildman–Crippen LogP) is 1.72. The third-order valence-corrected chi connectivity index (χ3v) is 4.28. The van der Waals surface area contributed by atoms with Gasteiger partial charge >= 0.3 is 7.12 Å². The Morgan fingerprint density at radius 3 is 2.76 bits per heavy atom. The molecule has 21 heavy (non-hydrogen) atoms. The van der Waals surface area contributed by atoms with Crippen LogP contribution in [0.25, 0.3) is 0 Å². The Labute approximate surface area is 127 Å². The Morgan fingerprint density at radius 2 is 2.10 bits per heavy atom. The first-order valence-electron chi connectivity index (χ1n) is 7.70. The van der Waals surface area contributed by atoms with E-state index < -0.39 is 7.12 Å². The average Bonchev–Trinajstić information content (AvgIpc) is 2.47. The standard InChI is InChI=1S/C16H25BO4/c1-12-4-3-5-13(8-12)10-21-11-14-9-15(20-2)6-7-16(14)17(18)19/h6-7,9,12-13,18-19H,3-5,8,10-11H2,1-2H3. The minimum Gasteiger partial charge on any atom is -0.497 e. The van der Waals surface area contributed by atoms with Crippen LogP contribution in [-0.4, -0.2) is 30.9 Å². The predicted molar refractivity (Wildman–Crippen MR) is 83.6 cm³/mol. The average molecular weight is 292 g/mol. The Bertz CT molecular complexity index is 450. The lowest BCUT2D eigenvalue weighted by atomic mass is 9.77. The molecule has 0 saturated heterocycles. The number of rotatable bonds is 6. The van der Waals surface area contributed by atoms with Gasteiger partial charge in [-0.25, -0.2) is 0 Å².